The van der Waals surface area contributed by atoms with Crippen LogP contribution in [0.3, 0.4) is 0 Å². The number of benzene rings is 2. The molecule has 0 atom stereocenters. The number of imidazole rings is 1. The highest BCUT2D eigenvalue weighted by atomic mass is 32.2. The maximum Gasteiger partial charge on any atom is 0.269 e. The first kappa shape index (κ1) is 19.0. The molecule has 3 aromatic rings. The van der Waals surface area contributed by atoms with Gasteiger partial charge in [0.05, 0.1) is 11.0 Å². The van der Waals surface area contributed by atoms with Gasteiger partial charge in [-0.25, -0.2) is 4.98 Å². The predicted octanol–water partition coefficient (Wildman–Crippen LogP) is 3.30. The van der Waals surface area contributed by atoms with Gasteiger partial charge in [0, 0.05) is 23.4 Å². The van der Waals surface area contributed by atoms with E-state index in [0.717, 1.165) is 34.7 Å². The van der Waals surface area contributed by atoms with Crippen LogP contribution in [-0.4, -0.2) is 27.6 Å². The Bertz CT molecular complexity index is 997. The lowest BCUT2D eigenvalue weighted by atomic mass is 10.1. The van der Waals surface area contributed by atoms with Crippen molar-refractivity contribution in [3.05, 3.63) is 65.0 Å². The van der Waals surface area contributed by atoms with E-state index in [9.17, 15) is 9.59 Å². The second-order valence-corrected chi connectivity index (χ2v) is 7.01. The highest BCUT2D eigenvalue weighted by Gasteiger charge is 2.12. The average molecular weight is 382 g/mol. The van der Waals surface area contributed by atoms with E-state index in [1.54, 1.807) is 30.0 Å². The predicted molar refractivity (Wildman–Crippen MR) is 109 cm³/mol. The Balaban J connectivity index is 1.69. The summed E-state index contributed by atoms with van der Waals surface area (Å²) in [5.74, 6) is 1.01. The largest absolute Gasteiger partial charge is 0.329 e. The molecule has 0 aliphatic carbocycles. The number of thioether (sulfide) groups is 1. The summed E-state index contributed by atoms with van der Waals surface area (Å²) in [5.41, 5.74) is 8.71. The summed E-state index contributed by atoms with van der Waals surface area (Å²) in [6, 6.07) is 12.7. The molecule has 0 fully saturated rings. The zero-order valence-corrected chi connectivity index (χ0v) is 16.4. The molecule has 0 saturated carbocycles. The van der Waals surface area contributed by atoms with Crippen LogP contribution in [0, 0.1) is 6.92 Å². The van der Waals surface area contributed by atoms with Gasteiger partial charge in [0.2, 0.25) is 0 Å². The van der Waals surface area contributed by atoms with Crippen molar-refractivity contribution in [1.82, 2.24) is 20.4 Å². The highest BCUT2D eigenvalue weighted by molar-refractivity contribution is 7.97. The third-order valence-corrected chi connectivity index (χ3v) is 4.93. The average Bonchev–Trinajstić information content (AvgIpc) is 3.00. The molecule has 0 bridgehead atoms. The fourth-order valence-corrected chi connectivity index (χ4v) is 3.53. The number of nitrogens with zero attached hydrogens (tertiary/aromatic N) is 2. The number of carbonyl (C=O) groups excluding carboxylic acids is 2. The molecule has 27 heavy (non-hydrogen) atoms. The van der Waals surface area contributed by atoms with Crippen molar-refractivity contribution in [1.29, 1.82) is 0 Å². The first-order valence-corrected chi connectivity index (χ1v) is 10.1. The Labute approximate surface area is 162 Å². The van der Waals surface area contributed by atoms with E-state index >= 15 is 0 Å². The molecule has 1 aromatic heterocycles. The lowest BCUT2D eigenvalue weighted by molar-refractivity contribution is 0.0846. The van der Waals surface area contributed by atoms with Gasteiger partial charge in [-0.2, -0.15) is 11.8 Å². The molecule has 6 nitrogen and oxygen atoms in total. The van der Waals surface area contributed by atoms with Crippen molar-refractivity contribution in [3.63, 3.8) is 0 Å². The van der Waals surface area contributed by atoms with Gasteiger partial charge in [-0.05, 0) is 56.0 Å². The van der Waals surface area contributed by atoms with Crippen LogP contribution in [0.15, 0.2) is 42.5 Å². The van der Waals surface area contributed by atoms with Crippen LogP contribution < -0.4 is 10.9 Å². The summed E-state index contributed by atoms with van der Waals surface area (Å²) in [6.07, 6.45) is 2.01. The van der Waals surface area contributed by atoms with Gasteiger partial charge in [0.15, 0.2) is 0 Å². The summed E-state index contributed by atoms with van der Waals surface area (Å²) >= 11 is 1.69. The van der Waals surface area contributed by atoms with Crippen LogP contribution in [0.25, 0.3) is 11.0 Å². The molecule has 0 saturated heterocycles. The Kier molecular flexibility index (Phi) is 5.81. The fraction of sp³-hybridized carbons (Fsp3) is 0.250. The zero-order valence-electron chi connectivity index (χ0n) is 15.6. The first-order chi connectivity index (χ1) is 13.0. The number of nitrogens with one attached hydrogen (secondary N) is 2. The minimum Gasteiger partial charge on any atom is -0.329 e. The maximum atomic E-state index is 12.4. The zero-order chi connectivity index (χ0) is 19.4. The third kappa shape index (κ3) is 4.14. The van der Waals surface area contributed by atoms with E-state index in [2.05, 4.69) is 27.3 Å². The molecule has 7 heteroatoms. The molecular weight excluding hydrogens is 360 g/mol. The van der Waals surface area contributed by atoms with Crippen LogP contribution in [0.5, 0.6) is 0 Å². The van der Waals surface area contributed by atoms with Gasteiger partial charge in [-0.1, -0.05) is 12.1 Å². The minimum atomic E-state index is -0.380. The summed E-state index contributed by atoms with van der Waals surface area (Å²) in [7, 11) is 0. The quantitative estimate of drug-likeness (QED) is 0.664. The van der Waals surface area contributed by atoms with E-state index in [0.29, 0.717) is 11.1 Å². The summed E-state index contributed by atoms with van der Waals surface area (Å²) < 4.78 is 2.08. The second kappa shape index (κ2) is 8.26. The molecule has 1 heterocycles. The highest BCUT2D eigenvalue weighted by Crippen LogP contribution is 2.17. The molecule has 3 rings (SSSR count). The number of aryl methyl sites for hydroxylation is 2. The second-order valence-electron chi connectivity index (χ2n) is 6.15. The van der Waals surface area contributed by atoms with Crippen LogP contribution in [0.4, 0.5) is 0 Å². The van der Waals surface area contributed by atoms with E-state index in [-0.39, 0.29) is 11.8 Å². The van der Waals surface area contributed by atoms with Gasteiger partial charge in [0.1, 0.15) is 5.82 Å². The fourth-order valence-electron chi connectivity index (χ4n) is 3.02. The molecule has 2 aromatic carbocycles. The van der Waals surface area contributed by atoms with E-state index in [4.69, 9.17) is 0 Å². The lowest BCUT2D eigenvalue weighted by Crippen LogP contribution is -2.41. The SMILES string of the molecule is CCn1c(C)nc2cc(C(=O)NNC(=O)c3cccc(CSC)c3)ccc21. The van der Waals surface area contributed by atoms with Crippen LogP contribution in [-0.2, 0) is 12.3 Å². The van der Waals surface area contributed by atoms with E-state index < -0.39 is 0 Å². The molecule has 2 N–H and O–H groups in total. The van der Waals surface area contributed by atoms with Gasteiger partial charge < -0.3 is 4.57 Å². The Morgan fingerprint density at radius 1 is 1.07 bits per heavy atom. The number of fused-ring (bicyclic) bond motifs is 1. The van der Waals surface area contributed by atoms with Gasteiger partial charge in [-0.15, -0.1) is 0 Å². The number of amides is 2. The number of rotatable bonds is 5. The first-order valence-electron chi connectivity index (χ1n) is 8.69. The topological polar surface area (TPSA) is 76.0 Å². The van der Waals surface area contributed by atoms with Gasteiger partial charge >= 0.3 is 0 Å². The van der Waals surface area contributed by atoms with E-state index in [1.807, 2.05) is 37.4 Å². The van der Waals surface area contributed by atoms with Crippen LogP contribution >= 0.6 is 11.8 Å². The normalized spacial score (nSPS) is 10.8. The minimum absolute atomic E-state index is 0.349. The molecule has 0 aliphatic rings. The molecule has 0 unspecified atom stereocenters. The molecular formula is C20H22N4O2S. The molecule has 0 spiro atoms. The van der Waals surface area contributed by atoms with Gasteiger partial charge in [-0.3, -0.25) is 20.4 Å². The Hall–Kier alpha value is -2.80. The van der Waals surface area contributed by atoms with Crippen molar-refractivity contribution in [2.45, 2.75) is 26.1 Å². The summed E-state index contributed by atoms with van der Waals surface area (Å²) in [5, 5.41) is 0. The summed E-state index contributed by atoms with van der Waals surface area (Å²) in [6.45, 7) is 4.81. The Morgan fingerprint density at radius 2 is 1.78 bits per heavy atom. The molecule has 0 radical (unpaired) electrons. The monoisotopic (exact) mass is 382 g/mol. The number of carbonyl (C=O) groups is 2. The van der Waals surface area contributed by atoms with Gasteiger partial charge in [0.25, 0.3) is 11.8 Å². The van der Waals surface area contributed by atoms with Crippen LogP contribution in [0.2, 0.25) is 0 Å². The smallest absolute Gasteiger partial charge is 0.269 e. The van der Waals surface area contributed by atoms with Crippen LogP contribution in [0.1, 0.15) is 39.0 Å². The molecule has 2 amide bonds. The molecule has 0 aliphatic heterocycles. The lowest BCUT2D eigenvalue weighted by Gasteiger charge is -2.09. The molecule has 140 valence electrons. The van der Waals surface area contributed by atoms with Crippen molar-refractivity contribution in [2.24, 2.45) is 0 Å². The van der Waals surface area contributed by atoms with E-state index in [1.165, 1.54) is 0 Å². The van der Waals surface area contributed by atoms with Crippen molar-refractivity contribution in [2.75, 3.05) is 6.26 Å². The Morgan fingerprint density at radius 3 is 2.44 bits per heavy atom. The maximum absolute atomic E-state index is 12.4. The number of hydrazine groups is 1. The number of hydrogen-bond donors (Lipinski definition) is 2. The number of hydrogen-bond acceptors (Lipinski definition) is 4. The van der Waals surface area contributed by atoms with Crippen molar-refractivity contribution >= 4 is 34.6 Å². The third-order valence-electron chi connectivity index (χ3n) is 4.31. The number of aromatic nitrogens is 2. The summed E-state index contributed by atoms with van der Waals surface area (Å²) in [4.78, 5) is 29.2. The van der Waals surface area contributed by atoms with Crippen molar-refractivity contribution < 1.29 is 9.59 Å². The van der Waals surface area contributed by atoms with Crippen molar-refractivity contribution in [3.8, 4) is 0 Å². The standard InChI is InChI=1S/C20H22N4O2S/c1-4-24-13(2)21-17-11-16(8-9-18(17)24)20(26)23-22-19(25)15-7-5-6-14(10-15)12-27-3/h5-11H,4,12H2,1-3H3,(H,22,25)(H,23,26).